The molecule has 2 saturated heterocycles. The van der Waals surface area contributed by atoms with Gasteiger partial charge in [0.25, 0.3) is 0 Å². The van der Waals surface area contributed by atoms with Crippen LogP contribution in [0.1, 0.15) is 70.3 Å². The van der Waals surface area contributed by atoms with Crippen LogP contribution in [0, 0.1) is 27.6 Å². The van der Waals surface area contributed by atoms with Gasteiger partial charge >= 0.3 is 0 Å². The monoisotopic (exact) mass is 404 g/mol. The van der Waals surface area contributed by atoms with Crippen LogP contribution in [0.4, 0.5) is 0 Å². The van der Waals surface area contributed by atoms with Gasteiger partial charge in [-0.1, -0.05) is 37.3 Å². The fraction of sp³-hybridized carbons (Fsp3) is 0.741. The van der Waals surface area contributed by atoms with E-state index in [2.05, 4.69) is 47.5 Å². The van der Waals surface area contributed by atoms with Crippen molar-refractivity contribution in [2.45, 2.75) is 70.1 Å². The summed E-state index contributed by atoms with van der Waals surface area (Å²) in [5.41, 5.74) is 3.19. The standard InChI is InChI=1S/C27H36N2O/c1-23-15-21-16-25(22(30)29-13-9-24(10-14-29)7-11-28-12-8-24)18-26(17-23,27(21,23)19-25)20-5-3-2-4-6-20/h2-6,21,28H,7-19H2,1H3. The van der Waals surface area contributed by atoms with Crippen molar-refractivity contribution in [1.82, 2.24) is 10.2 Å². The lowest BCUT2D eigenvalue weighted by Crippen LogP contribution is -2.75. The SMILES string of the molecule is CC12CC3CC4(C(=O)N5CCC6(CCNCC6)CC5)CC(c5ccccc5)(C1)C32C4. The summed E-state index contributed by atoms with van der Waals surface area (Å²) in [6.45, 7) is 6.89. The number of fused-ring (bicyclic) bond motifs is 1. The van der Waals surface area contributed by atoms with E-state index < -0.39 is 0 Å². The van der Waals surface area contributed by atoms with Gasteiger partial charge < -0.3 is 10.2 Å². The van der Waals surface area contributed by atoms with Crippen LogP contribution < -0.4 is 5.32 Å². The molecule has 4 aliphatic carbocycles. The van der Waals surface area contributed by atoms with Crippen LogP contribution in [0.25, 0.3) is 0 Å². The highest BCUT2D eigenvalue weighted by Crippen LogP contribution is 2.93. The summed E-state index contributed by atoms with van der Waals surface area (Å²) in [6.07, 6.45) is 11.2. The van der Waals surface area contributed by atoms with E-state index in [-0.39, 0.29) is 10.8 Å². The Balaban J connectivity index is 1.18. The molecule has 30 heavy (non-hydrogen) atoms. The predicted molar refractivity (Wildman–Crippen MR) is 118 cm³/mol. The summed E-state index contributed by atoms with van der Waals surface area (Å²) in [4.78, 5) is 16.4. The lowest BCUT2D eigenvalue weighted by atomic mass is 9.24. The molecule has 1 aromatic rings. The number of carbonyl (C=O) groups excluding carboxylic acids is 1. The molecule has 4 saturated carbocycles. The van der Waals surface area contributed by atoms with Crippen molar-refractivity contribution >= 4 is 5.91 Å². The molecule has 0 radical (unpaired) electrons. The third kappa shape index (κ3) is 1.88. The molecule has 5 unspecified atom stereocenters. The van der Waals surface area contributed by atoms with Crippen molar-refractivity contribution in [2.24, 2.45) is 27.6 Å². The summed E-state index contributed by atoms with van der Waals surface area (Å²) in [5, 5.41) is 3.52. The Hall–Kier alpha value is -1.35. The second-order valence-electron chi connectivity index (χ2n) is 12.4. The number of nitrogens with zero attached hydrogens (tertiary/aromatic N) is 1. The molecule has 2 heterocycles. The molecule has 6 aliphatic rings. The number of likely N-dealkylation sites (tertiary alicyclic amines) is 1. The van der Waals surface area contributed by atoms with Gasteiger partial charge in [-0.25, -0.2) is 0 Å². The molecule has 2 spiro atoms. The van der Waals surface area contributed by atoms with Crippen LogP contribution in [-0.2, 0) is 10.2 Å². The Kier molecular flexibility index (Phi) is 3.36. The minimum absolute atomic E-state index is 0.0621. The summed E-state index contributed by atoms with van der Waals surface area (Å²) in [6, 6.07) is 11.3. The molecule has 3 heteroatoms. The molecule has 2 bridgehead atoms. The zero-order valence-electron chi connectivity index (χ0n) is 18.5. The lowest BCUT2D eigenvalue weighted by molar-refractivity contribution is -0.270. The highest BCUT2D eigenvalue weighted by Gasteiger charge is 2.89. The van der Waals surface area contributed by atoms with Crippen molar-refractivity contribution in [1.29, 1.82) is 0 Å². The van der Waals surface area contributed by atoms with E-state index in [4.69, 9.17) is 0 Å². The molecule has 3 nitrogen and oxygen atoms in total. The highest BCUT2D eigenvalue weighted by atomic mass is 16.2. The van der Waals surface area contributed by atoms with Crippen LogP contribution in [-0.4, -0.2) is 37.0 Å². The molecule has 160 valence electrons. The minimum atomic E-state index is -0.0621. The molecule has 6 fully saturated rings. The minimum Gasteiger partial charge on any atom is -0.342 e. The van der Waals surface area contributed by atoms with Gasteiger partial charge in [0.2, 0.25) is 5.91 Å². The van der Waals surface area contributed by atoms with E-state index >= 15 is 0 Å². The van der Waals surface area contributed by atoms with Crippen molar-refractivity contribution in [3.05, 3.63) is 35.9 Å². The van der Waals surface area contributed by atoms with Gasteiger partial charge in [-0.05, 0) is 98.6 Å². The highest BCUT2D eigenvalue weighted by molar-refractivity contribution is 5.85. The number of amides is 1. The lowest BCUT2D eigenvalue weighted by Gasteiger charge is -2.79. The predicted octanol–water partition coefficient (Wildman–Crippen LogP) is 4.52. The second kappa shape index (κ2) is 5.52. The molecule has 0 aromatic heterocycles. The second-order valence-corrected chi connectivity index (χ2v) is 12.4. The number of hydrogen-bond acceptors (Lipinski definition) is 2. The van der Waals surface area contributed by atoms with Crippen LogP contribution in [0.5, 0.6) is 0 Å². The average Bonchev–Trinajstić information content (AvgIpc) is 3.24. The zero-order chi connectivity index (χ0) is 20.2. The molecule has 1 aromatic carbocycles. The number of nitrogens with one attached hydrogen (secondary N) is 1. The molecular formula is C27H36N2O. The summed E-state index contributed by atoms with van der Waals surface area (Å²) < 4.78 is 0. The van der Waals surface area contributed by atoms with E-state index in [0.29, 0.717) is 22.2 Å². The van der Waals surface area contributed by atoms with Crippen molar-refractivity contribution < 1.29 is 4.79 Å². The van der Waals surface area contributed by atoms with Crippen LogP contribution in [0.3, 0.4) is 0 Å². The summed E-state index contributed by atoms with van der Waals surface area (Å²) in [7, 11) is 0. The van der Waals surface area contributed by atoms with E-state index in [1.807, 2.05) is 0 Å². The third-order valence-corrected chi connectivity index (χ3v) is 11.5. The third-order valence-electron chi connectivity index (χ3n) is 11.5. The normalized spacial score (nSPS) is 47.5. The Morgan fingerprint density at radius 2 is 1.70 bits per heavy atom. The molecule has 1 N–H and O–H groups in total. The van der Waals surface area contributed by atoms with Gasteiger partial charge in [0, 0.05) is 18.5 Å². The largest absolute Gasteiger partial charge is 0.342 e. The summed E-state index contributed by atoms with van der Waals surface area (Å²) in [5.74, 6) is 1.33. The first-order valence-corrected chi connectivity index (χ1v) is 12.5. The molecule has 1 amide bonds. The molecule has 2 aliphatic heterocycles. The van der Waals surface area contributed by atoms with Gasteiger partial charge in [-0.2, -0.15) is 0 Å². The van der Waals surface area contributed by atoms with Gasteiger partial charge in [0.05, 0.1) is 5.41 Å². The van der Waals surface area contributed by atoms with E-state index in [9.17, 15) is 4.79 Å². The van der Waals surface area contributed by atoms with E-state index in [0.717, 1.165) is 25.4 Å². The number of rotatable bonds is 2. The molecular weight excluding hydrogens is 368 g/mol. The van der Waals surface area contributed by atoms with Crippen molar-refractivity contribution in [3.8, 4) is 0 Å². The molecule has 5 atom stereocenters. The number of hydrogen-bond donors (Lipinski definition) is 1. The topological polar surface area (TPSA) is 32.3 Å². The van der Waals surface area contributed by atoms with Crippen molar-refractivity contribution in [3.63, 3.8) is 0 Å². The fourth-order valence-corrected chi connectivity index (χ4v) is 10.4. The molecule has 7 rings (SSSR count). The zero-order valence-corrected chi connectivity index (χ0v) is 18.5. The van der Waals surface area contributed by atoms with E-state index in [1.54, 1.807) is 0 Å². The van der Waals surface area contributed by atoms with Gasteiger partial charge in [-0.3, -0.25) is 4.79 Å². The summed E-state index contributed by atoms with van der Waals surface area (Å²) >= 11 is 0. The first-order chi connectivity index (χ1) is 14.5. The maximum Gasteiger partial charge on any atom is 0.228 e. The van der Waals surface area contributed by atoms with E-state index in [1.165, 1.54) is 70.0 Å². The number of carbonyl (C=O) groups is 1. The van der Waals surface area contributed by atoms with Crippen LogP contribution in [0.2, 0.25) is 0 Å². The number of piperidine rings is 2. The van der Waals surface area contributed by atoms with Gasteiger partial charge in [0.15, 0.2) is 0 Å². The first kappa shape index (κ1) is 18.2. The van der Waals surface area contributed by atoms with Gasteiger partial charge in [0.1, 0.15) is 0 Å². The Labute approximate surface area is 181 Å². The van der Waals surface area contributed by atoms with Gasteiger partial charge in [-0.15, -0.1) is 0 Å². The Morgan fingerprint density at radius 1 is 0.967 bits per heavy atom. The Morgan fingerprint density at radius 3 is 2.40 bits per heavy atom. The Bertz CT molecular complexity index is 897. The smallest absolute Gasteiger partial charge is 0.228 e. The van der Waals surface area contributed by atoms with Crippen LogP contribution >= 0.6 is 0 Å². The number of benzene rings is 1. The van der Waals surface area contributed by atoms with Crippen LogP contribution in [0.15, 0.2) is 30.3 Å². The average molecular weight is 405 g/mol. The maximum atomic E-state index is 14.1. The quantitative estimate of drug-likeness (QED) is 0.786. The van der Waals surface area contributed by atoms with Crippen molar-refractivity contribution in [2.75, 3.05) is 26.2 Å². The first-order valence-electron chi connectivity index (χ1n) is 12.5. The maximum absolute atomic E-state index is 14.1. The fourth-order valence-electron chi connectivity index (χ4n) is 10.4.